The van der Waals surface area contributed by atoms with Crippen molar-refractivity contribution in [3.63, 3.8) is 0 Å². The first-order valence-corrected chi connectivity index (χ1v) is 9.34. The van der Waals surface area contributed by atoms with Crippen LogP contribution in [-0.2, 0) is 16.1 Å². The van der Waals surface area contributed by atoms with Crippen LogP contribution in [0.25, 0.3) is 0 Å². The predicted octanol–water partition coefficient (Wildman–Crippen LogP) is 1.05. The fourth-order valence-electron chi connectivity index (χ4n) is 4.62. The zero-order valence-electron chi connectivity index (χ0n) is 14.7. The van der Waals surface area contributed by atoms with Crippen LogP contribution in [0.1, 0.15) is 37.7 Å². The molecule has 1 spiro atoms. The van der Waals surface area contributed by atoms with Gasteiger partial charge in [0.25, 0.3) is 0 Å². The van der Waals surface area contributed by atoms with E-state index in [2.05, 4.69) is 19.8 Å². The number of nitrogens with zero attached hydrogens (tertiary/aromatic N) is 4. The molecule has 7 heteroatoms. The number of carbonyl (C=O) groups is 1. The first-order chi connectivity index (χ1) is 12.2. The molecule has 4 heterocycles. The lowest BCUT2D eigenvalue weighted by Crippen LogP contribution is -2.54. The van der Waals surface area contributed by atoms with Crippen molar-refractivity contribution >= 4 is 11.9 Å². The van der Waals surface area contributed by atoms with Gasteiger partial charge in [-0.2, -0.15) is 0 Å². The lowest BCUT2D eigenvalue weighted by atomic mass is 9.77. The van der Waals surface area contributed by atoms with Crippen LogP contribution < -0.4 is 5.73 Å². The van der Waals surface area contributed by atoms with Gasteiger partial charge in [-0.1, -0.05) is 0 Å². The third-order valence-corrected chi connectivity index (χ3v) is 5.96. The molecular formula is C18H27N5O2. The number of rotatable bonds is 3. The number of hydrogen-bond donors (Lipinski definition) is 1. The number of piperidine rings is 1. The molecular weight excluding hydrogens is 318 g/mol. The number of carbonyl (C=O) groups excluding carboxylic acids is 1. The number of nitrogens with two attached hydrogens (primary N) is 1. The molecule has 25 heavy (non-hydrogen) atoms. The van der Waals surface area contributed by atoms with E-state index in [4.69, 9.17) is 10.5 Å². The van der Waals surface area contributed by atoms with Gasteiger partial charge < -0.3 is 15.4 Å². The highest BCUT2D eigenvalue weighted by atomic mass is 16.5. The van der Waals surface area contributed by atoms with Gasteiger partial charge in [-0.25, -0.2) is 9.97 Å². The number of likely N-dealkylation sites (tertiary alicyclic amines) is 2. The van der Waals surface area contributed by atoms with Crippen LogP contribution >= 0.6 is 0 Å². The van der Waals surface area contributed by atoms with E-state index in [1.54, 1.807) is 12.4 Å². The molecule has 1 amide bonds. The summed E-state index contributed by atoms with van der Waals surface area (Å²) >= 11 is 0. The molecule has 3 saturated heterocycles. The van der Waals surface area contributed by atoms with E-state index in [1.165, 1.54) is 0 Å². The fourth-order valence-corrected chi connectivity index (χ4v) is 4.62. The molecule has 0 saturated carbocycles. The molecule has 0 bridgehead atoms. The average Bonchev–Trinajstić information content (AvgIpc) is 3.04. The maximum absolute atomic E-state index is 13.3. The van der Waals surface area contributed by atoms with Gasteiger partial charge >= 0.3 is 0 Å². The highest BCUT2D eigenvalue weighted by Gasteiger charge is 2.49. The maximum atomic E-state index is 13.3. The molecule has 4 rings (SSSR count). The molecule has 1 unspecified atom stereocenters. The van der Waals surface area contributed by atoms with Crippen molar-refractivity contribution in [2.24, 2.45) is 5.41 Å². The first-order valence-electron chi connectivity index (χ1n) is 9.34. The molecule has 1 aromatic rings. The molecule has 3 aliphatic heterocycles. The lowest BCUT2D eigenvalue weighted by Gasteiger charge is -2.44. The Bertz CT molecular complexity index is 616. The van der Waals surface area contributed by atoms with Gasteiger partial charge in [-0.3, -0.25) is 9.69 Å². The second-order valence-corrected chi connectivity index (χ2v) is 7.64. The van der Waals surface area contributed by atoms with E-state index < -0.39 is 0 Å². The smallest absolute Gasteiger partial charge is 0.230 e. The topological polar surface area (TPSA) is 84.6 Å². The van der Waals surface area contributed by atoms with Gasteiger partial charge in [0, 0.05) is 56.8 Å². The highest BCUT2D eigenvalue weighted by molar-refractivity contribution is 5.84. The zero-order chi connectivity index (χ0) is 17.3. The van der Waals surface area contributed by atoms with Crippen molar-refractivity contribution in [2.45, 2.75) is 44.7 Å². The summed E-state index contributed by atoms with van der Waals surface area (Å²) in [5.41, 5.74) is 6.42. The monoisotopic (exact) mass is 345 g/mol. The molecule has 0 aliphatic carbocycles. The fraction of sp³-hybridized carbons (Fsp3) is 0.722. The van der Waals surface area contributed by atoms with Gasteiger partial charge in [-0.05, 0) is 38.6 Å². The standard InChI is InChI=1S/C18H27N5O2/c19-17-20-10-14(11-21-17)12-22-7-5-18(13-22)4-1-6-23(16(18)24)15-2-8-25-9-3-15/h10-11,15H,1-9,12-13H2,(H2,19,20,21). The van der Waals surface area contributed by atoms with Crippen molar-refractivity contribution in [1.29, 1.82) is 0 Å². The molecule has 1 aromatic heterocycles. The highest BCUT2D eigenvalue weighted by Crippen LogP contribution is 2.41. The Hall–Kier alpha value is -1.73. The Morgan fingerprint density at radius 1 is 1.20 bits per heavy atom. The van der Waals surface area contributed by atoms with Crippen molar-refractivity contribution in [1.82, 2.24) is 19.8 Å². The Labute approximate surface area is 148 Å². The van der Waals surface area contributed by atoms with Crippen LogP contribution in [0, 0.1) is 5.41 Å². The summed E-state index contributed by atoms with van der Waals surface area (Å²) in [6.45, 7) is 5.06. The minimum atomic E-state index is -0.189. The van der Waals surface area contributed by atoms with Crippen LogP contribution in [-0.4, -0.2) is 64.6 Å². The van der Waals surface area contributed by atoms with Gasteiger partial charge in [0.1, 0.15) is 0 Å². The summed E-state index contributed by atoms with van der Waals surface area (Å²) in [4.78, 5) is 26.0. The minimum Gasteiger partial charge on any atom is -0.381 e. The molecule has 1 atom stereocenters. The Balaban J connectivity index is 1.42. The summed E-state index contributed by atoms with van der Waals surface area (Å²) in [6.07, 6.45) is 8.61. The molecule has 0 radical (unpaired) electrons. The van der Waals surface area contributed by atoms with Crippen LogP contribution in [0.2, 0.25) is 0 Å². The molecule has 136 valence electrons. The summed E-state index contributed by atoms with van der Waals surface area (Å²) in [6, 6.07) is 0.373. The van der Waals surface area contributed by atoms with E-state index in [0.717, 1.165) is 77.1 Å². The van der Waals surface area contributed by atoms with Crippen LogP contribution in [0.5, 0.6) is 0 Å². The normalized spacial score (nSPS) is 28.8. The SMILES string of the molecule is Nc1ncc(CN2CCC3(CCCN(C4CCOCC4)C3=O)C2)cn1. The molecule has 0 aromatic carbocycles. The molecule has 7 nitrogen and oxygen atoms in total. The van der Waals surface area contributed by atoms with Crippen LogP contribution in [0.4, 0.5) is 5.95 Å². The summed E-state index contributed by atoms with van der Waals surface area (Å²) in [7, 11) is 0. The van der Waals surface area contributed by atoms with Gasteiger partial charge in [0.05, 0.1) is 5.41 Å². The van der Waals surface area contributed by atoms with Crippen LogP contribution in [0.15, 0.2) is 12.4 Å². The Kier molecular flexibility index (Phi) is 4.60. The summed E-state index contributed by atoms with van der Waals surface area (Å²) in [5, 5.41) is 0. The number of ether oxygens (including phenoxy) is 1. The Morgan fingerprint density at radius 3 is 2.72 bits per heavy atom. The number of aromatic nitrogens is 2. The number of hydrogen-bond acceptors (Lipinski definition) is 6. The Morgan fingerprint density at radius 2 is 1.96 bits per heavy atom. The van der Waals surface area contributed by atoms with E-state index >= 15 is 0 Å². The molecule has 3 aliphatic rings. The second-order valence-electron chi connectivity index (χ2n) is 7.64. The lowest BCUT2D eigenvalue weighted by molar-refractivity contribution is -0.150. The largest absolute Gasteiger partial charge is 0.381 e. The third kappa shape index (κ3) is 3.35. The zero-order valence-corrected chi connectivity index (χ0v) is 14.7. The predicted molar refractivity (Wildman–Crippen MR) is 93.6 cm³/mol. The van der Waals surface area contributed by atoms with Crippen molar-refractivity contribution in [2.75, 3.05) is 38.6 Å². The van der Waals surface area contributed by atoms with Gasteiger partial charge in [-0.15, -0.1) is 0 Å². The van der Waals surface area contributed by atoms with Crippen molar-refractivity contribution in [3.05, 3.63) is 18.0 Å². The van der Waals surface area contributed by atoms with E-state index in [9.17, 15) is 4.79 Å². The minimum absolute atomic E-state index is 0.189. The maximum Gasteiger partial charge on any atom is 0.230 e. The number of nitrogen functional groups attached to an aromatic ring is 1. The summed E-state index contributed by atoms with van der Waals surface area (Å²) in [5.74, 6) is 0.679. The van der Waals surface area contributed by atoms with Gasteiger partial charge in [0.15, 0.2) is 0 Å². The third-order valence-electron chi connectivity index (χ3n) is 5.96. The number of anilines is 1. The molecule has 3 fully saturated rings. The van der Waals surface area contributed by atoms with Crippen molar-refractivity contribution in [3.8, 4) is 0 Å². The average molecular weight is 345 g/mol. The quantitative estimate of drug-likeness (QED) is 0.881. The van der Waals surface area contributed by atoms with E-state index in [1.807, 2.05) is 0 Å². The summed E-state index contributed by atoms with van der Waals surface area (Å²) < 4.78 is 5.47. The van der Waals surface area contributed by atoms with Crippen molar-refractivity contribution < 1.29 is 9.53 Å². The van der Waals surface area contributed by atoms with E-state index in [-0.39, 0.29) is 5.41 Å². The second kappa shape index (κ2) is 6.88. The molecule has 2 N–H and O–H groups in total. The van der Waals surface area contributed by atoms with Crippen LogP contribution in [0.3, 0.4) is 0 Å². The van der Waals surface area contributed by atoms with Gasteiger partial charge in [0.2, 0.25) is 11.9 Å². The first kappa shape index (κ1) is 16.7. The number of amides is 1. The van der Waals surface area contributed by atoms with E-state index in [0.29, 0.717) is 17.9 Å².